The minimum absolute atomic E-state index is 0.0321. The van der Waals surface area contributed by atoms with Gasteiger partial charge in [0, 0.05) is 18.7 Å². The molecule has 2 aromatic heterocycles. The second-order valence-electron chi connectivity index (χ2n) is 5.94. The van der Waals surface area contributed by atoms with Crippen LogP contribution >= 0.6 is 0 Å². The van der Waals surface area contributed by atoms with Gasteiger partial charge >= 0.3 is 5.82 Å². The van der Waals surface area contributed by atoms with E-state index in [1.165, 1.54) is 29.2 Å². The number of anilines is 1. The van der Waals surface area contributed by atoms with Crippen LogP contribution in [0.1, 0.15) is 12.0 Å². The highest BCUT2D eigenvalue weighted by atomic mass is 19.2. The zero-order valence-electron chi connectivity index (χ0n) is 14.8. The summed E-state index contributed by atoms with van der Waals surface area (Å²) >= 11 is 0. The predicted molar refractivity (Wildman–Crippen MR) is 89.7 cm³/mol. The van der Waals surface area contributed by atoms with Crippen molar-refractivity contribution in [1.82, 2.24) is 19.6 Å². The lowest BCUT2D eigenvalue weighted by Gasteiger charge is -2.08. The van der Waals surface area contributed by atoms with E-state index in [0.717, 1.165) is 4.68 Å². The van der Waals surface area contributed by atoms with Gasteiger partial charge in [0.05, 0.1) is 36.0 Å². The van der Waals surface area contributed by atoms with E-state index < -0.39 is 52.0 Å². The van der Waals surface area contributed by atoms with Crippen LogP contribution < -0.4 is 5.32 Å². The molecule has 0 radical (unpaired) electrons. The zero-order chi connectivity index (χ0) is 22.0. The number of nitrogens with one attached hydrogen (secondary N) is 1. The normalized spacial score (nSPS) is 11.0. The molecule has 3 aromatic rings. The van der Waals surface area contributed by atoms with Crippen LogP contribution in [-0.4, -0.2) is 30.4 Å². The molecule has 0 unspecified atom stereocenters. The van der Waals surface area contributed by atoms with Crippen molar-refractivity contribution in [2.75, 3.05) is 5.32 Å². The first-order valence-electron chi connectivity index (χ1n) is 8.18. The van der Waals surface area contributed by atoms with Crippen LogP contribution in [-0.2, 0) is 17.9 Å². The standard InChI is InChI=1S/C16H11F5N6O3/c17-12-8(13(18)15(20)16(21)14(12)19)7-26-4-1-9(23-26)22-11(28)3-6-25-5-2-10(24-25)27(29)30/h1-2,4-5H,3,6-7H2,(H,22,23,28). The number of hydrogen-bond acceptors (Lipinski definition) is 5. The van der Waals surface area contributed by atoms with Gasteiger partial charge in [0.1, 0.15) is 0 Å². The van der Waals surface area contributed by atoms with E-state index in [1.807, 2.05) is 0 Å². The zero-order valence-corrected chi connectivity index (χ0v) is 14.8. The molecule has 0 fully saturated rings. The van der Waals surface area contributed by atoms with Crippen LogP contribution in [0, 0.1) is 39.2 Å². The maximum atomic E-state index is 13.7. The molecule has 0 atom stereocenters. The highest BCUT2D eigenvalue weighted by Crippen LogP contribution is 2.23. The summed E-state index contributed by atoms with van der Waals surface area (Å²) in [5.74, 6) is -11.3. The Morgan fingerprint density at radius 2 is 1.57 bits per heavy atom. The van der Waals surface area contributed by atoms with Gasteiger partial charge in [-0.25, -0.2) is 22.0 Å². The van der Waals surface area contributed by atoms with Crippen LogP contribution in [0.3, 0.4) is 0 Å². The highest BCUT2D eigenvalue weighted by molar-refractivity contribution is 5.89. The molecule has 1 N–H and O–H groups in total. The molecule has 0 saturated heterocycles. The van der Waals surface area contributed by atoms with Crippen molar-refractivity contribution in [2.45, 2.75) is 19.5 Å². The lowest BCUT2D eigenvalue weighted by atomic mass is 10.1. The number of aromatic nitrogens is 4. The van der Waals surface area contributed by atoms with E-state index in [0.29, 0.717) is 0 Å². The van der Waals surface area contributed by atoms with Gasteiger partial charge in [0.15, 0.2) is 29.1 Å². The molecule has 30 heavy (non-hydrogen) atoms. The Morgan fingerprint density at radius 3 is 2.17 bits per heavy atom. The molecule has 2 heterocycles. The molecular formula is C16H11F5N6O3. The van der Waals surface area contributed by atoms with Crippen molar-refractivity contribution in [3.63, 3.8) is 0 Å². The number of amides is 1. The second kappa shape index (κ2) is 8.26. The summed E-state index contributed by atoms with van der Waals surface area (Å²) in [5, 5.41) is 20.4. The third-order valence-electron chi connectivity index (χ3n) is 3.91. The van der Waals surface area contributed by atoms with Crippen molar-refractivity contribution in [1.29, 1.82) is 0 Å². The van der Waals surface area contributed by atoms with Crippen LogP contribution in [0.15, 0.2) is 24.5 Å². The largest absolute Gasteiger partial charge is 0.389 e. The van der Waals surface area contributed by atoms with Crippen molar-refractivity contribution in [3.8, 4) is 0 Å². The molecule has 0 bridgehead atoms. The Kier molecular flexibility index (Phi) is 5.75. The third kappa shape index (κ3) is 4.26. The van der Waals surface area contributed by atoms with E-state index in [-0.39, 0.29) is 24.6 Å². The monoisotopic (exact) mass is 430 g/mol. The first kappa shape index (κ1) is 20.9. The number of halogens is 5. The van der Waals surface area contributed by atoms with Crippen molar-refractivity contribution in [3.05, 3.63) is 69.3 Å². The number of aryl methyl sites for hydroxylation is 1. The summed E-state index contributed by atoms with van der Waals surface area (Å²) in [6.07, 6.45) is 2.37. The van der Waals surface area contributed by atoms with E-state index in [9.17, 15) is 36.9 Å². The number of nitro groups is 1. The average Bonchev–Trinajstić information content (AvgIpc) is 3.36. The molecule has 3 rings (SSSR count). The number of carbonyl (C=O) groups excluding carboxylic acids is 1. The van der Waals surface area contributed by atoms with Gasteiger partial charge in [0.2, 0.25) is 11.7 Å². The molecule has 0 aliphatic carbocycles. The first-order chi connectivity index (χ1) is 14.2. The fraction of sp³-hybridized carbons (Fsp3) is 0.188. The van der Waals surface area contributed by atoms with E-state index in [1.54, 1.807) is 0 Å². The maximum Gasteiger partial charge on any atom is 0.389 e. The lowest BCUT2D eigenvalue weighted by Crippen LogP contribution is -2.16. The molecule has 158 valence electrons. The van der Waals surface area contributed by atoms with Gasteiger partial charge in [-0.1, -0.05) is 0 Å². The predicted octanol–water partition coefficient (Wildman–Crippen LogP) is 2.76. The second-order valence-corrected chi connectivity index (χ2v) is 5.94. The van der Waals surface area contributed by atoms with E-state index in [2.05, 4.69) is 15.5 Å². The first-order valence-corrected chi connectivity index (χ1v) is 8.18. The van der Waals surface area contributed by atoms with Crippen LogP contribution in [0.2, 0.25) is 0 Å². The van der Waals surface area contributed by atoms with Gasteiger partial charge in [-0.3, -0.25) is 9.48 Å². The van der Waals surface area contributed by atoms with Gasteiger partial charge < -0.3 is 15.4 Å². The molecule has 0 saturated carbocycles. The Labute approximate surface area is 163 Å². The fourth-order valence-electron chi connectivity index (χ4n) is 2.46. The summed E-state index contributed by atoms with van der Waals surface area (Å²) in [6, 6.07) is 2.42. The molecule has 1 aromatic carbocycles. The van der Waals surface area contributed by atoms with E-state index >= 15 is 0 Å². The third-order valence-corrected chi connectivity index (χ3v) is 3.91. The Balaban J connectivity index is 1.63. The van der Waals surface area contributed by atoms with Crippen molar-refractivity contribution >= 4 is 17.5 Å². The molecule has 9 nitrogen and oxygen atoms in total. The van der Waals surface area contributed by atoms with Crippen LogP contribution in [0.5, 0.6) is 0 Å². The topological polar surface area (TPSA) is 108 Å². The fourth-order valence-corrected chi connectivity index (χ4v) is 2.46. The Bertz CT molecular complexity index is 1100. The Hall–Kier alpha value is -3.84. The molecule has 0 aliphatic rings. The van der Waals surface area contributed by atoms with Crippen LogP contribution in [0.4, 0.5) is 33.6 Å². The number of rotatable bonds is 7. The number of nitrogens with zero attached hydrogens (tertiary/aromatic N) is 5. The molecule has 1 amide bonds. The number of hydrogen-bond donors (Lipinski definition) is 1. The lowest BCUT2D eigenvalue weighted by molar-refractivity contribution is -0.389. The van der Waals surface area contributed by atoms with Gasteiger partial charge in [-0.05, 0) is 4.92 Å². The summed E-state index contributed by atoms with van der Waals surface area (Å²) in [6.45, 7) is -0.733. The summed E-state index contributed by atoms with van der Waals surface area (Å²) in [7, 11) is 0. The summed E-state index contributed by atoms with van der Waals surface area (Å²) in [4.78, 5) is 21.8. The molecule has 0 spiro atoms. The van der Waals surface area contributed by atoms with Gasteiger partial charge in [-0.2, -0.15) is 9.78 Å². The van der Waals surface area contributed by atoms with Crippen molar-refractivity contribution < 1.29 is 31.7 Å². The number of carbonyl (C=O) groups is 1. The minimum atomic E-state index is -2.26. The highest BCUT2D eigenvalue weighted by Gasteiger charge is 2.26. The van der Waals surface area contributed by atoms with Gasteiger partial charge in [0.25, 0.3) is 0 Å². The molecule has 14 heteroatoms. The average molecular weight is 430 g/mol. The quantitative estimate of drug-likeness (QED) is 0.204. The maximum absolute atomic E-state index is 13.7. The smallest absolute Gasteiger partial charge is 0.358 e. The van der Waals surface area contributed by atoms with Gasteiger partial charge in [-0.15, -0.1) is 0 Å². The summed E-state index contributed by atoms with van der Waals surface area (Å²) < 4.78 is 69.2. The summed E-state index contributed by atoms with van der Waals surface area (Å²) in [5.41, 5.74) is -1.08. The number of benzene rings is 1. The Morgan fingerprint density at radius 1 is 0.967 bits per heavy atom. The molecular weight excluding hydrogens is 419 g/mol. The minimum Gasteiger partial charge on any atom is -0.358 e. The molecule has 0 aliphatic heterocycles. The van der Waals surface area contributed by atoms with Crippen LogP contribution in [0.25, 0.3) is 0 Å². The van der Waals surface area contributed by atoms with E-state index in [4.69, 9.17) is 0 Å². The SMILES string of the molecule is O=C(CCn1ccc([N+](=O)[O-])n1)Nc1ccn(Cc2c(F)c(F)c(F)c(F)c2F)n1. The van der Waals surface area contributed by atoms with Crippen molar-refractivity contribution in [2.24, 2.45) is 0 Å².